The van der Waals surface area contributed by atoms with Crippen molar-refractivity contribution >= 4 is 33.3 Å². The van der Waals surface area contributed by atoms with Crippen LogP contribution in [0.2, 0.25) is 0 Å². The maximum Gasteiger partial charge on any atom is 0.267 e. The van der Waals surface area contributed by atoms with Gasteiger partial charge in [-0.25, -0.2) is 4.98 Å². The fourth-order valence-electron chi connectivity index (χ4n) is 3.31. The van der Waals surface area contributed by atoms with E-state index < -0.39 is 0 Å². The van der Waals surface area contributed by atoms with Crippen LogP contribution < -0.4 is 5.56 Å². The average Bonchev–Trinajstić information content (AvgIpc) is 2.99. The number of hydrogen-bond acceptors (Lipinski definition) is 4. The number of benzene rings is 1. The van der Waals surface area contributed by atoms with E-state index in [0.29, 0.717) is 10.9 Å². The Balaban J connectivity index is 2.00. The van der Waals surface area contributed by atoms with Gasteiger partial charge in [-0.3, -0.25) is 9.36 Å². The zero-order valence-electron chi connectivity index (χ0n) is 14.0. The minimum atomic E-state index is 0.0350. The molecule has 126 valence electrons. The summed E-state index contributed by atoms with van der Waals surface area (Å²) >= 11 is 3.12. The minimum absolute atomic E-state index is 0.0350. The second kappa shape index (κ2) is 6.70. The van der Waals surface area contributed by atoms with E-state index in [2.05, 4.69) is 5.92 Å². The molecule has 1 aromatic carbocycles. The summed E-state index contributed by atoms with van der Waals surface area (Å²) in [6.45, 7) is 2.04. The molecule has 0 radical (unpaired) electrons. The van der Waals surface area contributed by atoms with Gasteiger partial charge in [-0.05, 0) is 50.3 Å². The topological polar surface area (TPSA) is 34.9 Å². The van der Waals surface area contributed by atoms with Crippen LogP contribution in [0.15, 0.2) is 34.2 Å². The Morgan fingerprint density at radius 2 is 2.04 bits per heavy atom. The highest BCUT2D eigenvalue weighted by atomic mass is 32.2. The zero-order valence-corrected chi connectivity index (χ0v) is 15.7. The van der Waals surface area contributed by atoms with Gasteiger partial charge >= 0.3 is 0 Å². The van der Waals surface area contributed by atoms with Gasteiger partial charge < -0.3 is 0 Å². The van der Waals surface area contributed by atoms with Crippen LogP contribution in [-0.2, 0) is 12.8 Å². The number of thiophene rings is 1. The fraction of sp³-hybridized carbons (Fsp3) is 0.300. The summed E-state index contributed by atoms with van der Waals surface area (Å²) in [4.78, 5) is 20.4. The van der Waals surface area contributed by atoms with E-state index in [1.165, 1.54) is 28.6 Å². The number of fused-ring (bicyclic) bond motifs is 3. The van der Waals surface area contributed by atoms with Crippen LogP contribution in [0.4, 0.5) is 0 Å². The monoisotopic (exact) mass is 366 g/mol. The maximum absolute atomic E-state index is 13.4. The van der Waals surface area contributed by atoms with Crippen LogP contribution in [-0.4, -0.2) is 15.3 Å². The normalized spacial score (nSPS) is 13.6. The highest BCUT2D eigenvalue weighted by molar-refractivity contribution is 7.99. The van der Waals surface area contributed by atoms with Crippen LogP contribution >= 0.6 is 23.1 Å². The molecule has 0 amide bonds. The molecule has 0 saturated heterocycles. The lowest BCUT2D eigenvalue weighted by molar-refractivity contribution is 0.699. The van der Waals surface area contributed by atoms with Crippen LogP contribution in [0.3, 0.4) is 0 Å². The first-order valence-corrected chi connectivity index (χ1v) is 10.2. The molecule has 0 fully saturated rings. The Bertz CT molecular complexity index is 1040. The van der Waals surface area contributed by atoms with Gasteiger partial charge in [0.25, 0.3) is 5.56 Å². The Morgan fingerprint density at radius 1 is 1.28 bits per heavy atom. The number of terminal acetylenes is 1. The SMILES string of the molecule is C#CCSc1nc2sc3c(c2c(=O)n1-c1ccc(C)cc1)CCCC3. The number of hydrogen-bond donors (Lipinski definition) is 0. The molecule has 25 heavy (non-hydrogen) atoms. The van der Waals surface area contributed by atoms with Crippen molar-refractivity contribution in [3.63, 3.8) is 0 Å². The third-order valence-electron chi connectivity index (χ3n) is 4.53. The van der Waals surface area contributed by atoms with E-state index >= 15 is 0 Å². The molecule has 0 bridgehead atoms. The predicted molar refractivity (Wildman–Crippen MR) is 106 cm³/mol. The first-order chi connectivity index (χ1) is 12.2. The van der Waals surface area contributed by atoms with Crippen molar-refractivity contribution < 1.29 is 0 Å². The van der Waals surface area contributed by atoms with Crippen molar-refractivity contribution in [3.05, 3.63) is 50.6 Å². The summed E-state index contributed by atoms with van der Waals surface area (Å²) in [5.41, 5.74) is 3.27. The van der Waals surface area contributed by atoms with Gasteiger partial charge in [0.2, 0.25) is 0 Å². The van der Waals surface area contributed by atoms with Crippen molar-refractivity contribution in [2.75, 3.05) is 5.75 Å². The van der Waals surface area contributed by atoms with E-state index in [9.17, 15) is 4.79 Å². The van der Waals surface area contributed by atoms with Crippen molar-refractivity contribution in [1.29, 1.82) is 0 Å². The molecule has 5 heteroatoms. The summed E-state index contributed by atoms with van der Waals surface area (Å²) in [6.07, 6.45) is 9.83. The molecule has 3 nitrogen and oxygen atoms in total. The van der Waals surface area contributed by atoms with Crippen molar-refractivity contribution in [2.45, 2.75) is 37.8 Å². The number of aromatic nitrogens is 2. The number of aryl methyl sites for hydroxylation is 3. The number of rotatable bonds is 3. The second-order valence-electron chi connectivity index (χ2n) is 6.25. The van der Waals surface area contributed by atoms with E-state index in [4.69, 9.17) is 11.4 Å². The Kier molecular flexibility index (Phi) is 4.41. The standard InChI is InChI=1S/C20H18N2OS2/c1-3-12-24-20-21-18-17(15-6-4-5-7-16(15)25-18)19(23)22(20)14-10-8-13(2)9-11-14/h1,8-11H,4-7,12H2,2H3. The molecule has 0 aliphatic heterocycles. The largest absolute Gasteiger partial charge is 0.268 e. The highest BCUT2D eigenvalue weighted by Gasteiger charge is 2.22. The van der Waals surface area contributed by atoms with Crippen LogP contribution in [0.25, 0.3) is 15.9 Å². The minimum Gasteiger partial charge on any atom is -0.268 e. The summed E-state index contributed by atoms with van der Waals surface area (Å²) < 4.78 is 1.73. The molecule has 0 N–H and O–H groups in total. The van der Waals surface area contributed by atoms with E-state index in [-0.39, 0.29) is 5.56 Å². The van der Waals surface area contributed by atoms with Crippen molar-refractivity contribution in [1.82, 2.24) is 9.55 Å². The number of nitrogens with zero attached hydrogens (tertiary/aromatic N) is 2. The lowest BCUT2D eigenvalue weighted by Gasteiger charge is -2.13. The van der Waals surface area contributed by atoms with Gasteiger partial charge in [0, 0.05) is 4.88 Å². The Labute approximate surface area is 155 Å². The first kappa shape index (κ1) is 16.4. The Morgan fingerprint density at radius 3 is 2.80 bits per heavy atom. The van der Waals surface area contributed by atoms with E-state index in [1.54, 1.807) is 15.9 Å². The highest BCUT2D eigenvalue weighted by Crippen LogP contribution is 2.35. The molecule has 1 aliphatic carbocycles. The molecule has 0 saturated carbocycles. The summed E-state index contributed by atoms with van der Waals surface area (Å²) in [5, 5.41) is 1.49. The first-order valence-electron chi connectivity index (χ1n) is 8.39. The smallest absolute Gasteiger partial charge is 0.267 e. The molecule has 0 atom stereocenters. The quantitative estimate of drug-likeness (QED) is 0.392. The number of thioether (sulfide) groups is 1. The van der Waals surface area contributed by atoms with Crippen molar-refractivity contribution in [2.24, 2.45) is 0 Å². The summed E-state index contributed by atoms with van der Waals surface area (Å²) in [5.74, 6) is 3.13. The third-order valence-corrected chi connectivity index (χ3v) is 6.56. The fourth-order valence-corrected chi connectivity index (χ4v) is 5.31. The molecular weight excluding hydrogens is 348 g/mol. The molecule has 2 heterocycles. The molecular formula is C20H18N2OS2. The Hall–Kier alpha value is -2.03. The van der Waals surface area contributed by atoms with E-state index in [0.717, 1.165) is 40.7 Å². The third kappa shape index (κ3) is 2.90. The average molecular weight is 367 g/mol. The van der Waals surface area contributed by atoms with E-state index in [1.807, 2.05) is 31.2 Å². The molecule has 1 aliphatic rings. The van der Waals surface area contributed by atoms with Gasteiger partial charge in [0.15, 0.2) is 5.16 Å². The van der Waals surface area contributed by atoms with Gasteiger partial charge in [0.1, 0.15) is 4.83 Å². The second-order valence-corrected chi connectivity index (χ2v) is 8.28. The molecule has 2 aromatic heterocycles. The molecule has 0 unspecified atom stereocenters. The predicted octanol–water partition coefficient (Wildman–Crippen LogP) is 4.36. The molecule has 0 spiro atoms. The van der Waals surface area contributed by atoms with Gasteiger partial charge in [-0.15, -0.1) is 17.8 Å². The zero-order chi connectivity index (χ0) is 17.4. The van der Waals surface area contributed by atoms with Gasteiger partial charge in [-0.2, -0.15) is 0 Å². The maximum atomic E-state index is 13.4. The lowest BCUT2D eigenvalue weighted by atomic mass is 9.97. The van der Waals surface area contributed by atoms with Crippen molar-refractivity contribution in [3.8, 4) is 18.0 Å². The summed E-state index contributed by atoms with van der Waals surface area (Å²) in [7, 11) is 0. The molecule has 3 aromatic rings. The van der Waals surface area contributed by atoms with Gasteiger partial charge in [0.05, 0.1) is 16.8 Å². The lowest BCUT2D eigenvalue weighted by Crippen LogP contribution is -2.22. The van der Waals surface area contributed by atoms with Crippen LogP contribution in [0.5, 0.6) is 0 Å². The molecule has 4 rings (SSSR count). The summed E-state index contributed by atoms with van der Waals surface area (Å²) in [6, 6.07) is 7.99. The van der Waals surface area contributed by atoms with Crippen LogP contribution in [0.1, 0.15) is 28.8 Å². The van der Waals surface area contributed by atoms with Gasteiger partial charge in [-0.1, -0.05) is 35.4 Å². The van der Waals surface area contributed by atoms with Crippen LogP contribution in [0, 0.1) is 19.3 Å².